The van der Waals surface area contributed by atoms with Crippen molar-refractivity contribution in [2.24, 2.45) is 0 Å². The van der Waals surface area contributed by atoms with Crippen molar-refractivity contribution in [3.63, 3.8) is 0 Å². The maximum absolute atomic E-state index is 12.0. The van der Waals surface area contributed by atoms with Crippen molar-refractivity contribution in [1.29, 1.82) is 0 Å². The molecule has 0 atom stereocenters. The molecule has 20 heavy (non-hydrogen) atoms. The van der Waals surface area contributed by atoms with Crippen LogP contribution in [-0.2, 0) is 4.79 Å². The number of carbonyl (C=O) groups is 1. The van der Waals surface area contributed by atoms with Crippen LogP contribution in [0.4, 0.5) is 11.4 Å². The summed E-state index contributed by atoms with van der Waals surface area (Å²) in [4.78, 5) is 12.0. The molecule has 0 heterocycles. The third-order valence-electron chi connectivity index (χ3n) is 3.46. The van der Waals surface area contributed by atoms with Crippen molar-refractivity contribution < 1.29 is 4.79 Å². The molecule has 0 aromatic heterocycles. The number of para-hydroxylation sites is 1. The summed E-state index contributed by atoms with van der Waals surface area (Å²) >= 11 is 0. The van der Waals surface area contributed by atoms with Crippen LogP contribution in [0.25, 0.3) is 0 Å². The van der Waals surface area contributed by atoms with Gasteiger partial charge in [-0.3, -0.25) is 4.79 Å². The highest BCUT2D eigenvalue weighted by atomic mass is 16.1. The van der Waals surface area contributed by atoms with Crippen LogP contribution in [0.5, 0.6) is 0 Å². The highest BCUT2D eigenvalue weighted by Crippen LogP contribution is 2.18. The molecular formula is C17H20N2O. The maximum atomic E-state index is 12.0. The minimum atomic E-state index is -0.0399. The first-order valence-corrected chi connectivity index (χ1v) is 6.73. The largest absolute Gasteiger partial charge is 0.376 e. The Morgan fingerprint density at radius 1 is 0.900 bits per heavy atom. The Balaban J connectivity index is 1.96. The van der Waals surface area contributed by atoms with Gasteiger partial charge in [-0.05, 0) is 49.6 Å². The van der Waals surface area contributed by atoms with Gasteiger partial charge in [-0.15, -0.1) is 0 Å². The molecule has 0 aliphatic rings. The molecule has 1 amide bonds. The molecule has 0 spiro atoms. The van der Waals surface area contributed by atoms with Gasteiger partial charge in [0.2, 0.25) is 5.91 Å². The summed E-state index contributed by atoms with van der Waals surface area (Å²) in [5, 5.41) is 6.09. The van der Waals surface area contributed by atoms with E-state index in [4.69, 9.17) is 0 Å². The van der Waals surface area contributed by atoms with Crippen LogP contribution >= 0.6 is 0 Å². The molecule has 3 heteroatoms. The van der Waals surface area contributed by atoms with E-state index in [1.54, 1.807) is 0 Å². The predicted molar refractivity (Wildman–Crippen MR) is 84.2 cm³/mol. The molecule has 0 saturated heterocycles. The average Bonchev–Trinajstić information content (AvgIpc) is 2.43. The van der Waals surface area contributed by atoms with Gasteiger partial charge in [0.1, 0.15) is 0 Å². The standard InChI is InChI=1S/C17H20N2O/c1-12-8-6-10-16(14(12)3)19-17(20)11-18-15-9-5-4-7-13(15)2/h4-10,18H,11H2,1-3H3,(H,19,20). The second kappa shape index (κ2) is 6.24. The molecule has 0 aliphatic heterocycles. The van der Waals surface area contributed by atoms with E-state index in [9.17, 15) is 4.79 Å². The van der Waals surface area contributed by atoms with E-state index >= 15 is 0 Å². The minimum Gasteiger partial charge on any atom is -0.376 e. The summed E-state index contributed by atoms with van der Waals surface area (Å²) < 4.78 is 0. The quantitative estimate of drug-likeness (QED) is 0.888. The minimum absolute atomic E-state index is 0.0399. The monoisotopic (exact) mass is 268 g/mol. The Labute approximate surface area is 120 Å². The molecule has 104 valence electrons. The molecule has 0 aliphatic carbocycles. The third-order valence-corrected chi connectivity index (χ3v) is 3.46. The summed E-state index contributed by atoms with van der Waals surface area (Å²) in [6, 6.07) is 13.8. The van der Waals surface area contributed by atoms with Crippen LogP contribution in [0.15, 0.2) is 42.5 Å². The fourth-order valence-electron chi connectivity index (χ4n) is 2.03. The van der Waals surface area contributed by atoms with Gasteiger partial charge < -0.3 is 10.6 Å². The SMILES string of the molecule is Cc1ccccc1NCC(=O)Nc1cccc(C)c1C. The molecule has 0 unspecified atom stereocenters. The number of hydrogen-bond acceptors (Lipinski definition) is 2. The van der Waals surface area contributed by atoms with E-state index in [0.717, 1.165) is 22.5 Å². The van der Waals surface area contributed by atoms with E-state index in [2.05, 4.69) is 10.6 Å². The Kier molecular flexibility index (Phi) is 4.41. The second-order valence-electron chi connectivity index (χ2n) is 4.96. The molecule has 2 rings (SSSR count). The van der Waals surface area contributed by atoms with Crippen LogP contribution in [0.3, 0.4) is 0 Å². The lowest BCUT2D eigenvalue weighted by molar-refractivity contribution is -0.114. The first kappa shape index (κ1) is 14.1. The zero-order chi connectivity index (χ0) is 14.5. The summed E-state index contributed by atoms with van der Waals surface area (Å²) in [6.07, 6.45) is 0. The van der Waals surface area contributed by atoms with Crippen LogP contribution in [0.1, 0.15) is 16.7 Å². The van der Waals surface area contributed by atoms with Crippen molar-refractivity contribution in [1.82, 2.24) is 0 Å². The lowest BCUT2D eigenvalue weighted by Crippen LogP contribution is -2.22. The predicted octanol–water partition coefficient (Wildman–Crippen LogP) is 3.66. The van der Waals surface area contributed by atoms with Crippen molar-refractivity contribution >= 4 is 17.3 Å². The van der Waals surface area contributed by atoms with Gasteiger partial charge in [0, 0.05) is 11.4 Å². The number of hydrogen-bond donors (Lipinski definition) is 2. The maximum Gasteiger partial charge on any atom is 0.243 e. The highest BCUT2D eigenvalue weighted by Gasteiger charge is 2.06. The first-order valence-electron chi connectivity index (χ1n) is 6.73. The van der Waals surface area contributed by atoms with Gasteiger partial charge in [0.25, 0.3) is 0 Å². The third kappa shape index (κ3) is 3.38. The Morgan fingerprint density at radius 3 is 2.30 bits per heavy atom. The lowest BCUT2D eigenvalue weighted by Gasteiger charge is -2.12. The van der Waals surface area contributed by atoms with Gasteiger partial charge in [0.15, 0.2) is 0 Å². The van der Waals surface area contributed by atoms with Crippen molar-refractivity contribution in [3.8, 4) is 0 Å². The number of anilines is 2. The molecule has 3 nitrogen and oxygen atoms in total. The van der Waals surface area contributed by atoms with E-state index in [1.807, 2.05) is 63.2 Å². The van der Waals surface area contributed by atoms with Gasteiger partial charge in [-0.1, -0.05) is 30.3 Å². The second-order valence-corrected chi connectivity index (χ2v) is 4.96. The fraction of sp³-hybridized carbons (Fsp3) is 0.235. The number of carbonyl (C=O) groups excluding carboxylic acids is 1. The van der Waals surface area contributed by atoms with Crippen molar-refractivity contribution in [3.05, 3.63) is 59.2 Å². The number of rotatable bonds is 4. The van der Waals surface area contributed by atoms with Gasteiger partial charge in [0.05, 0.1) is 6.54 Å². The van der Waals surface area contributed by atoms with Crippen LogP contribution < -0.4 is 10.6 Å². The molecule has 2 aromatic rings. The van der Waals surface area contributed by atoms with Crippen LogP contribution in [-0.4, -0.2) is 12.5 Å². The fourth-order valence-corrected chi connectivity index (χ4v) is 2.03. The highest BCUT2D eigenvalue weighted by molar-refractivity contribution is 5.94. The van der Waals surface area contributed by atoms with Crippen molar-refractivity contribution in [2.75, 3.05) is 17.2 Å². The Bertz CT molecular complexity index is 620. The van der Waals surface area contributed by atoms with E-state index < -0.39 is 0 Å². The van der Waals surface area contributed by atoms with E-state index in [-0.39, 0.29) is 12.5 Å². The number of nitrogens with one attached hydrogen (secondary N) is 2. The Morgan fingerprint density at radius 2 is 1.55 bits per heavy atom. The van der Waals surface area contributed by atoms with Gasteiger partial charge >= 0.3 is 0 Å². The lowest BCUT2D eigenvalue weighted by atomic mass is 10.1. The van der Waals surface area contributed by atoms with Crippen molar-refractivity contribution in [2.45, 2.75) is 20.8 Å². The van der Waals surface area contributed by atoms with E-state index in [0.29, 0.717) is 0 Å². The number of amides is 1. The number of aryl methyl sites for hydroxylation is 2. The van der Waals surface area contributed by atoms with Crippen LogP contribution in [0, 0.1) is 20.8 Å². The summed E-state index contributed by atoms with van der Waals surface area (Å²) in [5.41, 5.74) is 5.28. The summed E-state index contributed by atoms with van der Waals surface area (Å²) in [6.45, 7) is 6.33. The molecule has 2 N–H and O–H groups in total. The summed E-state index contributed by atoms with van der Waals surface area (Å²) in [7, 11) is 0. The van der Waals surface area contributed by atoms with Gasteiger partial charge in [-0.2, -0.15) is 0 Å². The Hall–Kier alpha value is -2.29. The summed E-state index contributed by atoms with van der Waals surface area (Å²) in [5.74, 6) is -0.0399. The molecule has 0 bridgehead atoms. The molecule has 0 radical (unpaired) electrons. The van der Waals surface area contributed by atoms with Gasteiger partial charge in [-0.25, -0.2) is 0 Å². The zero-order valence-electron chi connectivity index (χ0n) is 12.2. The zero-order valence-corrected chi connectivity index (χ0v) is 12.2. The normalized spacial score (nSPS) is 10.2. The molecular weight excluding hydrogens is 248 g/mol. The molecule has 2 aromatic carbocycles. The van der Waals surface area contributed by atoms with E-state index in [1.165, 1.54) is 5.56 Å². The average molecular weight is 268 g/mol. The number of benzene rings is 2. The smallest absolute Gasteiger partial charge is 0.243 e. The first-order chi connectivity index (χ1) is 9.58. The van der Waals surface area contributed by atoms with Crippen LogP contribution in [0.2, 0.25) is 0 Å². The molecule has 0 fully saturated rings. The molecule has 0 saturated carbocycles. The topological polar surface area (TPSA) is 41.1 Å².